The van der Waals surface area contributed by atoms with E-state index in [1.165, 1.54) is 6.20 Å². The summed E-state index contributed by atoms with van der Waals surface area (Å²) in [4.78, 5) is 13.2. The SMILES string of the molecule is [CH2]c1cc(Br)cnc1[N+](=O)[O-]. The molecule has 57 valence electrons. The summed E-state index contributed by atoms with van der Waals surface area (Å²) in [6.07, 6.45) is 1.37. The number of nitro groups is 1. The van der Waals surface area contributed by atoms with Crippen LogP contribution >= 0.6 is 15.9 Å². The van der Waals surface area contributed by atoms with Crippen LogP contribution in [0.15, 0.2) is 16.7 Å². The Hall–Kier alpha value is -0.970. The fraction of sp³-hybridized carbons (Fsp3) is 0. The highest BCUT2D eigenvalue weighted by molar-refractivity contribution is 9.10. The maximum Gasteiger partial charge on any atom is 0.366 e. The molecule has 0 atom stereocenters. The Labute approximate surface area is 71.5 Å². The zero-order chi connectivity index (χ0) is 8.43. The first-order chi connectivity index (χ1) is 5.11. The normalized spacial score (nSPS) is 9.64. The van der Waals surface area contributed by atoms with Gasteiger partial charge in [-0.15, -0.1) is 0 Å². The van der Waals surface area contributed by atoms with E-state index < -0.39 is 4.92 Å². The van der Waals surface area contributed by atoms with Crippen LogP contribution in [0, 0.1) is 17.0 Å². The maximum atomic E-state index is 10.2. The van der Waals surface area contributed by atoms with Gasteiger partial charge in [0.2, 0.25) is 0 Å². The van der Waals surface area contributed by atoms with Crippen LogP contribution in [0.25, 0.3) is 0 Å². The molecule has 0 bridgehead atoms. The van der Waals surface area contributed by atoms with Crippen molar-refractivity contribution in [1.82, 2.24) is 4.98 Å². The van der Waals surface area contributed by atoms with E-state index in [0.29, 0.717) is 10.0 Å². The average molecular weight is 216 g/mol. The maximum absolute atomic E-state index is 10.2. The number of halogens is 1. The standard InChI is InChI=1S/C6H4BrN2O2/c1-4-2-5(7)3-8-6(4)9(10)11/h2-3H,1H2. The lowest BCUT2D eigenvalue weighted by molar-refractivity contribution is -0.389. The topological polar surface area (TPSA) is 56.0 Å². The average Bonchev–Trinajstić information content (AvgIpc) is 1.85. The number of hydrogen-bond acceptors (Lipinski definition) is 3. The first-order valence-corrected chi connectivity index (χ1v) is 3.52. The summed E-state index contributed by atoms with van der Waals surface area (Å²) in [6.45, 7) is 3.47. The van der Waals surface area contributed by atoms with Crippen molar-refractivity contribution < 1.29 is 4.92 Å². The number of rotatable bonds is 1. The minimum absolute atomic E-state index is 0.201. The largest absolute Gasteiger partial charge is 0.366 e. The van der Waals surface area contributed by atoms with Crippen LogP contribution in [0.2, 0.25) is 0 Å². The molecule has 1 heterocycles. The molecule has 1 radical (unpaired) electrons. The van der Waals surface area contributed by atoms with E-state index in [2.05, 4.69) is 27.8 Å². The molecular weight excluding hydrogens is 212 g/mol. The van der Waals surface area contributed by atoms with Gasteiger partial charge in [0.05, 0.1) is 10.0 Å². The molecule has 0 N–H and O–H groups in total. The smallest absolute Gasteiger partial charge is 0.358 e. The second-order valence-electron chi connectivity index (χ2n) is 1.89. The van der Waals surface area contributed by atoms with Gasteiger partial charge in [0.1, 0.15) is 0 Å². The molecule has 0 amide bonds. The highest BCUT2D eigenvalue weighted by Gasteiger charge is 2.10. The Kier molecular flexibility index (Phi) is 2.19. The molecule has 0 spiro atoms. The molecule has 5 heteroatoms. The Morgan fingerprint density at radius 1 is 1.73 bits per heavy atom. The van der Waals surface area contributed by atoms with Gasteiger partial charge in [-0.3, -0.25) is 0 Å². The Balaban J connectivity index is 3.20. The highest BCUT2D eigenvalue weighted by atomic mass is 79.9. The van der Waals surface area contributed by atoms with Crippen molar-refractivity contribution in [3.05, 3.63) is 39.3 Å². The van der Waals surface area contributed by atoms with Crippen LogP contribution in [0.1, 0.15) is 5.56 Å². The molecule has 0 saturated heterocycles. The molecule has 0 fully saturated rings. The van der Waals surface area contributed by atoms with Crippen molar-refractivity contribution in [2.24, 2.45) is 0 Å². The monoisotopic (exact) mass is 215 g/mol. The minimum Gasteiger partial charge on any atom is -0.358 e. The summed E-state index contributed by atoms with van der Waals surface area (Å²) in [5.74, 6) is -0.201. The van der Waals surface area contributed by atoms with Crippen molar-refractivity contribution in [2.45, 2.75) is 0 Å². The Morgan fingerprint density at radius 3 is 2.82 bits per heavy atom. The van der Waals surface area contributed by atoms with E-state index in [0.717, 1.165) is 0 Å². The molecule has 1 aromatic heterocycles. The number of pyridine rings is 1. The fourth-order valence-electron chi connectivity index (χ4n) is 0.638. The van der Waals surface area contributed by atoms with Crippen molar-refractivity contribution in [1.29, 1.82) is 0 Å². The molecule has 0 aromatic carbocycles. The van der Waals surface area contributed by atoms with Gasteiger partial charge in [0, 0.05) is 0 Å². The number of aromatic nitrogens is 1. The molecule has 1 rings (SSSR count). The van der Waals surface area contributed by atoms with Gasteiger partial charge < -0.3 is 10.1 Å². The van der Waals surface area contributed by atoms with E-state index >= 15 is 0 Å². The quantitative estimate of drug-likeness (QED) is 0.532. The van der Waals surface area contributed by atoms with Gasteiger partial charge in [-0.05, 0) is 38.8 Å². The second-order valence-corrected chi connectivity index (χ2v) is 2.81. The van der Waals surface area contributed by atoms with E-state index in [-0.39, 0.29) is 5.82 Å². The van der Waals surface area contributed by atoms with Crippen molar-refractivity contribution in [3.8, 4) is 0 Å². The molecule has 0 aliphatic heterocycles. The zero-order valence-corrected chi connectivity index (χ0v) is 7.04. The van der Waals surface area contributed by atoms with Crippen LogP contribution in [-0.2, 0) is 0 Å². The summed E-state index contributed by atoms with van der Waals surface area (Å²) < 4.78 is 0.688. The lowest BCUT2D eigenvalue weighted by Gasteiger charge is -1.94. The molecular formula is C6H4BrN2O2. The van der Waals surface area contributed by atoms with E-state index in [4.69, 9.17) is 0 Å². The fourth-order valence-corrected chi connectivity index (χ4v) is 1.02. The molecule has 11 heavy (non-hydrogen) atoms. The van der Waals surface area contributed by atoms with E-state index in [1.807, 2.05) is 0 Å². The van der Waals surface area contributed by atoms with Crippen LogP contribution in [0.5, 0.6) is 0 Å². The van der Waals surface area contributed by atoms with Gasteiger partial charge >= 0.3 is 5.82 Å². The third-order valence-corrected chi connectivity index (χ3v) is 1.52. The molecule has 0 aliphatic rings. The number of nitrogens with zero attached hydrogens (tertiary/aromatic N) is 2. The van der Waals surface area contributed by atoms with Crippen LogP contribution in [0.3, 0.4) is 0 Å². The summed E-state index contributed by atoms with van der Waals surface area (Å²) in [7, 11) is 0. The lowest BCUT2D eigenvalue weighted by atomic mass is 10.3. The summed E-state index contributed by atoms with van der Waals surface area (Å²) in [6, 6.07) is 1.55. The van der Waals surface area contributed by atoms with Crippen LogP contribution in [-0.4, -0.2) is 9.91 Å². The van der Waals surface area contributed by atoms with Crippen molar-refractivity contribution in [2.75, 3.05) is 0 Å². The predicted octanol–water partition coefficient (Wildman–Crippen LogP) is 1.93. The second kappa shape index (κ2) is 2.96. The molecule has 0 saturated carbocycles. The summed E-state index contributed by atoms with van der Waals surface area (Å²) in [5.41, 5.74) is 0.310. The Morgan fingerprint density at radius 2 is 2.36 bits per heavy atom. The zero-order valence-electron chi connectivity index (χ0n) is 5.45. The predicted molar refractivity (Wildman–Crippen MR) is 43.1 cm³/mol. The number of hydrogen-bond donors (Lipinski definition) is 0. The first kappa shape index (κ1) is 8.13. The lowest BCUT2D eigenvalue weighted by Crippen LogP contribution is -1.94. The van der Waals surface area contributed by atoms with E-state index in [1.54, 1.807) is 6.07 Å². The first-order valence-electron chi connectivity index (χ1n) is 2.73. The summed E-state index contributed by atoms with van der Waals surface area (Å²) in [5, 5.41) is 10.2. The van der Waals surface area contributed by atoms with Crippen molar-refractivity contribution in [3.63, 3.8) is 0 Å². The molecule has 0 unspecified atom stereocenters. The van der Waals surface area contributed by atoms with Crippen molar-refractivity contribution >= 4 is 21.7 Å². The van der Waals surface area contributed by atoms with Gasteiger partial charge in [-0.2, -0.15) is 0 Å². The van der Waals surface area contributed by atoms with Gasteiger partial charge in [-0.1, -0.05) is 0 Å². The molecule has 1 aromatic rings. The third-order valence-electron chi connectivity index (χ3n) is 1.08. The van der Waals surface area contributed by atoms with Gasteiger partial charge in [0.25, 0.3) is 0 Å². The van der Waals surface area contributed by atoms with Gasteiger partial charge in [0.15, 0.2) is 6.20 Å². The van der Waals surface area contributed by atoms with Gasteiger partial charge in [-0.25, -0.2) is 0 Å². The summed E-state index contributed by atoms with van der Waals surface area (Å²) >= 11 is 3.12. The Bertz CT molecular complexity index is 301. The van der Waals surface area contributed by atoms with Crippen LogP contribution < -0.4 is 0 Å². The van der Waals surface area contributed by atoms with E-state index in [9.17, 15) is 10.1 Å². The third kappa shape index (κ3) is 1.74. The molecule has 0 aliphatic carbocycles. The minimum atomic E-state index is -0.561. The van der Waals surface area contributed by atoms with Crippen LogP contribution in [0.4, 0.5) is 5.82 Å². The highest BCUT2D eigenvalue weighted by Crippen LogP contribution is 2.17. The molecule has 4 nitrogen and oxygen atoms in total.